The third-order valence-corrected chi connectivity index (χ3v) is 7.21. The summed E-state index contributed by atoms with van der Waals surface area (Å²) in [7, 11) is 0. The highest BCUT2D eigenvalue weighted by atomic mass is 19.1. The Balaban J connectivity index is 1.22. The number of ether oxygens (including phenoxy) is 2. The Labute approximate surface area is 215 Å². The van der Waals surface area contributed by atoms with Gasteiger partial charge in [-0.25, -0.2) is 9.37 Å². The van der Waals surface area contributed by atoms with E-state index in [0.29, 0.717) is 29.2 Å². The van der Waals surface area contributed by atoms with E-state index in [9.17, 15) is 9.18 Å². The molecule has 1 fully saturated rings. The van der Waals surface area contributed by atoms with Gasteiger partial charge in [0, 0.05) is 54.8 Å². The summed E-state index contributed by atoms with van der Waals surface area (Å²) in [6, 6.07) is 14.7. The van der Waals surface area contributed by atoms with Crippen molar-refractivity contribution in [3.63, 3.8) is 0 Å². The first kappa shape index (κ1) is 23.5. The van der Waals surface area contributed by atoms with E-state index in [1.807, 2.05) is 18.3 Å². The molecule has 6 rings (SSSR count). The Kier molecular flexibility index (Phi) is 6.26. The first-order valence-electron chi connectivity index (χ1n) is 12.8. The van der Waals surface area contributed by atoms with Gasteiger partial charge in [0.1, 0.15) is 18.2 Å². The minimum Gasteiger partial charge on any atom is -0.487 e. The molecule has 4 heterocycles. The molecule has 0 saturated carbocycles. The largest absolute Gasteiger partial charge is 0.487 e. The van der Waals surface area contributed by atoms with E-state index in [2.05, 4.69) is 40.2 Å². The zero-order valence-corrected chi connectivity index (χ0v) is 20.8. The molecule has 0 bridgehead atoms. The standard InChI is InChI=1S/C29H29FN4O3/c1-2-33(25-4-3-10-31-28(25)34-12-14-36-15-13-34)11-9-19-5-7-22-20(16-19)18-37-27(22)26-23-17-21(30)6-8-24(23)32-29(26)35/h3-8,10,16-17H,2,9,11-15,18H2,1H3,(H,32,35). The number of carbonyl (C=O) groups excluding carboxylic acids is 1. The Hall–Kier alpha value is -3.91. The fourth-order valence-electron chi connectivity index (χ4n) is 5.31. The first-order chi connectivity index (χ1) is 18.1. The monoisotopic (exact) mass is 500 g/mol. The number of nitrogens with one attached hydrogen (secondary N) is 1. The summed E-state index contributed by atoms with van der Waals surface area (Å²) in [6.45, 7) is 7.41. The summed E-state index contributed by atoms with van der Waals surface area (Å²) >= 11 is 0. The van der Waals surface area contributed by atoms with E-state index in [0.717, 1.165) is 68.4 Å². The van der Waals surface area contributed by atoms with Crippen LogP contribution in [0, 0.1) is 5.82 Å². The van der Waals surface area contributed by atoms with Crippen molar-refractivity contribution in [2.75, 3.05) is 54.5 Å². The van der Waals surface area contributed by atoms with E-state index in [1.54, 1.807) is 6.07 Å². The summed E-state index contributed by atoms with van der Waals surface area (Å²) in [5.74, 6) is 0.883. The van der Waals surface area contributed by atoms with Crippen LogP contribution in [0.1, 0.15) is 29.2 Å². The predicted molar refractivity (Wildman–Crippen MR) is 142 cm³/mol. The molecule has 37 heavy (non-hydrogen) atoms. The normalized spacial score (nSPS) is 18.3. The molecule has 0 radical (unpaired) electrons. The van der Waals surface area contributed by atoms with Crippen LogP contribution in [0.25, 0.3) is 11.3 Å². The van der Waals surface area contributed by atoms with Crippen LogP contribution in [0.3, 0.4) is 0 Å². The van der Waals surface area contributed by atoms with E-state index in [-0.39, 0.29) is 11.7 Å². The van der Waals surface area contributed by atoms with Crippen LogP contribution in [-0.4, -0.2) is 50.3 Å². The van der Waals surface area contributed by atoms with Crippen LogP contribution in [0.4, 0.5) is 21.6 Å². The lowest BCUT2D eigenvalue weighted by Gasteiger charge is -2.33. The van der Waals surface area contributed by atoms with Crippen molar-refractivity contribution in [3.8, 4) is 0 Å². The number of benzene rings is 2. The maximum Gasteiger partial charge on any atom is 0.260 e. The van der Waals surface area contributed by atoms with Gasteiger partial charge in [0.05, 0.1) is 24.5 Å². The summed E-state index contributed by atoms with van der Waals surface area (Å²) in [4.78, 5) is 22.1. The van der Waals surface area contributed by atoms with Gasteiger partial charge >= 0.3 is 0 Å². The number of carbonyl (C=O) groups is 1. The third kappa shape index (κ3) is 4.42. The van der Waals surface area contributed by atoms with Gasteiger partial charge in [-0.1, -0.05) is 18.2 Å². The zero-order valence-electron chi connectivity index (χ0n) is 20.8. The Morgan fingerprint density at radius 2 is 1.97 bits per heavy atom. The van der Waals surface area contributed by atoms with Crippen LogP contribution in [0.15, 0.2) is 54.7 Å². The van der Waals surface area contributed by atoms with Gasteiger partial charge in [0.2, 0.25) is 0 Å². The lowest BCUT2D eigenvalue weighted by Crippen LogP contribution is -2.38. The molecule has 7 nitrogen and oxygen atoms in total. The van der Waals surface area contributed by atoms with Gasteiger partial charge in [0.15, 0.2) is 5.82 Å². The number of rotatable bonds is 6. The molecule has 1 amide bonds. The highest BCUT2D eigenvalue weighted by Gasteiger charge is 2.33. The van der Waals surface area contributed by atoms with Gasteiger partial charge in [-0.3, -0.25) is 4.79 Å². The predicted octanol–water partition coefficient (Wildman–Crippen LogP) is 4.48. The van der Waals surface area contributed by atoms with Crippen molar-refractivity contribution >= 4 is 34.4 Å². The minimum absolute atomic E-state index is 0.265. The van der Waals surface area contributed by atoms with Gasteiger partial charge in [-0.15, -0.1) is 0 Å². The molecule has 0 atom stereocenters. The molecule has 1 saturated heterocycles. The summed E-state index contributed by atoms with van der Waals surface area (Å²) in [6.07, 6.45) is 2.71. The molecule has 3 aliphatic rings. The molecule has 0 unspecified atom stereocenters. The molecule has 8 heteroatoms. The quantitative estimate of drug-likeness (QED) is 0.504. The maximum atomic E-state index is 13.9. The number of amides is 1. The molecule has 190 valence electrons. The van der Waals surface area contributed by atoms with Gasteiger partial charge in [-0.2, -0.15) is 0 Å². The molecule has 0 aliphatic carbocycles. The van der Waals surface area contributed by atoms with Crippen LogP contribution in [0.2, 0.25) is 0 Å². The maximum absolute atomic E-state index is 13.9. The van der Waals surface area contributed by atoms with Crippen LogP contribution >= 0.6 is 0 Å². The second-order valence-electron chi connectivity index (χ2n) is 9.40. The van der Waals surface area contributed by atoms with Crippen molar-refractivity contribution in [1.29, 1.82) is 0 Å². The Morgan fingerprint density at radius 3 is 2.81 bits per heavy atom. The molecular weight excluding hydrogens is 471 g/mol. The highest BCUT2D eigenvalue weighted by molar-refractivity contribution is 6.36. The molecular formula is C29H29FN4O3. The van der Waals surface area contributed by atoms with Crippen LogP contribution < -0.4 is 15.1 Å². The van der Waals surface area contributed by atoms with Crippen molar-refractivity contribution in [1.82, 2.24) is 4.98 Å². The van der Waals surface area contributed by atoms with E-state index in [1.165, 1.54) is 17.7 Å². The number of pyridine rings is 1. The summed E-state index contributed by atoms with van der Waals surface area (Å²) in [5, 5.41) is 2.81. The molecule has 3 aliphatic heterocycles. The fraction of sp³-hybridized carbons (Fsp3) is 0.310. The Morgan fingerprint density at radius 1 is 1.11 bits per heavy atom. The number of hydrogen-bond donors (Lipinski definition) is 1. The average Bonchev–Trinajstić information content (AvgIpc) is 3.48. The average molecular weight is 501 g/mol. The number of morpholine rings is 1. The molecule has 1 N–H and O–H groups in total. The summed E-state index contributed by atoms with van der Waals surface area (Å²) in [5.41, 5.74) is 5.81. The molecule has 3 aromatic rings. The number of hydrogen-bond acceptors (Lipinski definition) is 6. The smallest absolute Gasteiger partial charge is 0.260 e. The van der Waals surface area contributed by atoms with Crippen LogP contribution in [-0.2, 0) is 27.3 Å². The van der Waals surface area contributed by atoms with Crippen molar-refractivity contribution < 1.29 is 18.7 Å². The van der Waals surface area contributed by atoms with Crippen LogP contribution in [0.5, 0.6) is 0 Å². The number of nitrogens with zero attached hydrogens (tertiary/aromatic N) is 3. The number of anilines is 3. The highest BCUT2D eigenvalue weighted by Crippen LogP contribution is 2.42. The second-order valence-corrected chi connectivity index (χ2v) is 9.40. The van der Waals surface area contributed by atoms with Gasteiger partial charge in [0.25, 0.3) is 5.91 Å². The number of aromatic nitrogens is 1. The minimum atomic E-state index is -0.382. The fourth-order valence-corrected chi connectivity index (χ4v) is 5.31. The van der Waals surface area contributed by atoms with E-state index < -0.39 is 0 Å². The zero-order chi connectivity index (χ0) is 25.4. The first-order valence-corrected chi connectivity index (χ1v) is 12.8. The SMILES string of the molecule is CCN(CCc1ccc2c(c1)COC2=C1C(=O)Nc2ccc(F)cc21)c1cccnc1N1CCOCC1. The topological polar surface area (TPSA) is 66.9 Å². The Bertz CT molecular complexity index is 1380. The third-order valence-electron chi connectivity index (χ3n) is 7.21. The lowest BCUT2D eigenvalue weighted by atomic mass is 9.98. The molecule has 0 spiro atoms. The second kappa shape index (κ2) is 9.86. The lowest BCUT2D eigenvalue weighted by molar-refractivity contribution is -0.110. The number of fused-ring (bicyclic) bond motifs is 2. The number of halogens is 1. The van der Waals surface area contributed by atoms with Crippen molar-refractivity contribution in [2.24, 2.45) is 0 Å². The molecule has 1 aromatic heterocycles. The van der Waals surface area contributed by atoms with Gasteiger partial charge < -0.3 is 24.6 Å². The van der Waals surface area contributed by atoms with Crippen molar-refractivity contribution in [2.45, 2.75) is 20.0 Å². The van der Waals surface area contributed by atoms with E-state index in [4.69, 9.17) is 14.5 Å². The number of likely N-dealkylation sites (N-methyl/N-ethyl adjacent to an activating group) is 1. The van der Waals surface area contributed by atoms with Gasteiger partial charge in [-0.05, 0) is 49.2 Å². The van der Waals surface area contributed by atoms with E-state index >= 15 is 0 Å². The molecule has 2 aromatic carbocycles. The van der Waals surface area contributed by atoms with Crippen molar-refractivity contribution in [3.05, 3.63) is 82.8 Å². The summed E-state index contributed by atoms with van der Waals surface area (Å²) < 4.78 is 25.4.